The van der Waals surface area contributed by atoms with Gasteiger partial charge in [-0.05, 0) is 35.4 Å². The molecule has 1 aromatic heterocycles. The molecular formula is C24H28N8O2. The van der Waals surface area contributed by atoms with Crippen molar-refractivity contribution in [2.24, 2.45) is 10.2 Å². The number of hydrazone groups is 1. The minimum atomic E-state index is 0.433. The number of anilines is 3. The first kappa shape index (κ1) is 22.1. The quantitative estimate of drug-likeness (QED) is 0.427. The molecule has 2 saturated heterocycles. The van der Waals surface area contributed by atoms with Crippen molar-refractivity contribution in [2.75, 3.05) is 67.8 Å². The monoisotopic (exact) mass is 460 g/mol. The van der Waals surface area contributed by atoms with E-state index >= 15 is 0 Å². The minimum Gasteiger partial charge on any atom is -0.378 e. The van der Waals surface area contributed by atoms with Gasteiger partial charge in [-0.25, -0.2) is 5.43 Å². The van der Waals surface area contributed by atoms with Crippen molar-refractivity contribution in [3.05, 3.63) is 66.0 Å². The normalized spacial score (nSPS) is 17.1. The Kier molecular flexibility index (Phi) is 7.07. The van der Waals surface area contributed by atoms with Gasteiger partial charge in [0, 0.05) is 37.6 Å². The fraction of sp³-hybridized carbons (Fsp3) is 0.333. The Morgan fingerprint density at radius 2 is 1.26 bits per heavy atom. The van der Waals surface area contributed by atoms with Crippen LogP contribution in [0.25, 0.3) is 0 Å². The first-order valence-electron chi connectivity index (χ1n) is 11.4. The SMILES string of the molecule is C(=N/Nc1nncn1/N=C/c1ccc(N2CCOCC2)cc1)/c1ccc(N2CCOCC2)cc1. The number of hydrogen-bond donors (Lipinski definition) is 1. The van der Waals surface area contributed by atoms with Gasteiger partial charge in [-0.2, -0.15) is 14.9 Å². The molecule has 10 heteroatoms. The molecule has 0 amide bonds. The smallest absolute Gasteiger partial charge is 0.265 e. The van der Waals surface area contributed by atoms with Crippen molar-refractivity contribution < 1.29 is 9.47 Å². The summed E-state index contributed by atoms with van der Waals surface area (Å²) < 4.78 is 12.4. The third-order valence-corrected chi connectivity index (χ3v) is 5.78. The van der Waals surface area contributed by atoms with Crippen molar-refractivity contribution in [3.8, 4) is 0 Å². The molecule has 0 spiro atoms. The highest BCUT2D eigenvalue weighted by Gasteiger charge is 2.11. The van der Waals surface area contributed by atoms with Crippen molar-refractivity contribution >= 4 is 29.8 Å². The molecule has 2 aliphatic heterocycles. The molecule has 2 aromatic carbocycles. The van der Waals surface area contributed by atoms with E-state index in [9.17, 15) is 0 Å². The van der Waals surface area contributed by atoms with Crippen molar-refractivity contribution in [2.45, 2.75) is 0 Å². The second-order valence-electron chi connectivity index (χ2n) is 8.00. The lowest BCUT2D eigenvalue weighted by Gasteiger charge is -2.28. The van der Waals surface area contributed by atoms with Crippen LogP contribution in [0.1, 0.15) is 11.1 Å². The molecule has 34 heavy (non-hydrogen) atoms. The molecule has 10 nitrogen and oxygen atoms in total. The second-order valence-corrected chi connectivity index (χ2v) is 8.00. The van der Waals surface area contributed by atoms with Crippen LogP contribution in [0.5, 0.6) is 0 Å². The summed E-state index contributed by atoms with van der Waals surface area (Å²) in [4.78, 5) is 4.64. The predicted octanol–water partition coefficient (Wildman–Crippen LogP) is 2.28. The number of ether oxygens (including phenoxy) is 2. The molecule has 0 aliphatic carbocycles. The van der Waals surface area contributed by atoms with Gasteiger partial charge in [0.2, 0.25) is 0 Å². The zero-order valence-electron chi connectivity index (χ0n) is 19.0. The average molecular weight is 461 g/mol. The van der Waals surface area contributed by atoms with Crippen LogP contribution >= 0.6 is 0 Å². The summed E-state index contributed by atoms with van der Waals surface area (Å²) in [6, 6.07) is 16.6. The third kappa shape index (κ3) is 5.59. The lowest BCUT2D eigenvalue weighted by molar-refractivity contribution is 0.122. The topological polar surface area (TPSA) is 92.4 Å². The van der Waals surface area contributed by atoms with Crippen LogP contribution in [0.4, 0.5) is 17.3 Å². The van der Waals surface area contributed by atoms with Crippen molar-refractivity contribution in [3.63, 3.8) is 0 Å². The maximum Gasteiger partial charge on any atom is 0.265 e. The van der Waals surface area contributed by atoms with Crippen LogP contribution in [0, 0.1) is 0 Å². The summed E-state index contributed by atoms with van der Waals surface area (Å²) in [5, 5.41) is 16.7. The third-order valence-electron chi connectivity index (χ3n) is 5.78. The van der Waals surface area contributed by atoms with Crippen LogP contribution in [0.15, 0.2) is 65.1 Å². The maximum atomic E-state index is 5.42. The summed E-state index contributed by atoms with van der Waals surface area (Å²) in [6.07, 6.45) is 5.05. The molecule has 176 valence electrons. The van der Waals surface area contributed by atoms with E-state index in [0.29, 0.717) is 5.95 Å². The van der Waals surface area contributed by atoms with Crippen molar-refractivity contribution in [1.82, 2.24) is 14.9 Å². The predicted molar refractivity (Wildman–Crippen MR) is 133 cm³/mol. The second kappa shape index (κ2) is 10.9. The van der Waals surface area contributed by atoms with E-state index in [1.807, 2.05) is 24.3 Å². The standard InChI is InChI=1S/C24H28N8O2/c1-5-22(30-9-13-33-14-10-30)6-2-20(1)17-25-28-24-29-26-19-32(24)27-18-21-3-7-23(8-4-21)31-11-15-34-16-12-31/h1-8,17-19H,9-16H2,(H,28,29)/b25-17-,27-18+. The highest BCUT2D eigenvalue weighted by Crippen LogP contribution is 2.17. The van der Waals surface area contributed by atoms with E-state index < -0.39 is 0 Å². The molecule has 0 saturated carbocycles. The Hall–Kier alpha value is -3.76. The number of aromatic nitrogens is 3. The van der Waals surface area contributed by atoms with Gasteiger partial charge < -0.3 is 19.3 Å². The summed E-state index contributed by atoms with van der Waals surface area (Å²) in [6.45, 7) is 6.77. The summed E-state index contributed by atoms with van der Waals surface area (Å²) >= 11 is 0. The molecule has 2 fully saturated rings. The average Bonchev–Trinajstić information content (AvgIpc) is 3.36. The fourth-order valence-corrected chi connectivity index (χ4v) is 3.87. The molecule has 1 N–H and O–H groups in total. The van der Waals surface area contributed by atoms with Crippen molar-refractivity contribution in [1.29, 1.82) is 0 Å². The van der Waals surface area contributed by atoms with E-state index in [-0.39, 0.29) is 0 Å². The van der Waals surface area contributed by atoms with E-state index in [2.05, 4.69) is 59.9 Å². The zero-order chi connectivity index (χ0) is 23.0. The molecule has 5 rings (SSSR count). The molecule has 0 radical (unpaired) electrons. The number of nitrogens with one attached hydrogen (secondary N) is 1. The van der Waals surface area contributed by atoms with E-state index in [4.69, 9.17) is 9.47 Å². The lowest BCUT2D eigenvalue weighted by atomic mass is 10.2. The molecule has 0 bridgehead atoms. The van der Waals surface area contributed by atoms with Crippen LogP contribution < -0.4 is 15.2 Å². The molecule has 0 unspecified atom stereocenters. The van der Waals surface area contributed by atoms with Gasteiger partial charge in [-0.15, -0.1) is 10.2 Å². The van der Waals surface area contributed by atoms with Crippen LogP contribution in [0.2, 0.25) is 0 Å². The summed E-state index contributed by atoms with van der Waals surface area (Å²) in [5.41, 5.74) is 7.27. The molecular weight excluding hydrogens is 432 g/mol. The molecule has 2 aliphatic rings. The van der Waals surface area contributed by atoms with Crippen LogP contribution in [-0.4, -0.2) is 79.9 Å². The number of hydrogen-bond acceptors (Lipinski definition) is 9. The van der Waals surface area contributed by atoms with E-state index in [1.54, 1.807) is 17.1 Å². The molecule has 3 aromatic rings. The number of nitrogens with zero attached hydrogens (tertiary/aromatic N) is 7. The molecule has 0 atom stereocenters. The number of rotatable bonds is 7. The van der Waals surface area contributed by atoms with Gasteiger partial charge in [0.1, 0.15) is 6.33 Å². The van der Waals surface area contributed by atoms with Crippen LogP contribution in [0.3, 0.4) is 0 Å². The summed E-state index contributed by atoms with van der Waals surface area (Å²) in [5.74, 6) is 0.433. The maximum absolute atomic E-state index is 5.42. The van der Waals surface area contributed by atoms with E-state index in [1.165, 1.54) is 17.7 Å². The Bertz CT molecular complexity index is 1100. The molecule has 3 heterocycles. The highest BCUT2D eigenvalue weighted by molar-refractivity contribution is 5.81. The Balaban J connectivity index is 1.16. The van der Waals surface area contributed by atoms with Gasteiger partial charge in [0.05, 0.1) is 38.9 Å². The Morgan fingerprint density at radius 1 is 0.735 bits per heavy atom. The zero-order valence-corrected chi connectivity index (χ0v) is 19.0. The first-order chi connectivity index (χ1) is 16.8. The van der Waals surface area contributed by atoms with Gasteiger partial charge >= 0.3 is 0 Å². The van der Waals surface area contributed by atoms with E-state index in [0.717, 1.165) is 63.7 Å². The summed E-state index contributed by atoms with van der Waals surface area (Å²) in [7, 11) is 0. The van der Waals surface area contributed by atoms with Gasteiger partial charge in [-0.3, -0.25) is 0 Å². The lowest BCUT2D eigenvalue weighted by Crippen LogP contribution is -2.36. The Labute approximate surface area is 198 Å². The Morgan fingerprint density at radius 3 is 1.82 bits per heavy atom. The largest absolute Gasteiger partial charge is 0.378 e. The van der Waals surface area contributed by atoms with Gasteiger partial charge in [-0.1, -0.05) is 24.3 Å². The number of morpholine rings is 2. The minimum absolute atomic E-state index is 0.433. The van der Waals surface area contributed by atoms with Gasteiger partial charge in [0.15, 0.2) is 0 Å². The van der Waals surface area contributed by atoms with Gasteiger partial charge in [0.25, 0.3) is 5.95 Å². The highest BCUT2D eigenvalue weighted by atomic mass is 16.5. The van der Waals surface area contributed by atoms with Crippen LogP contribution in [-0.2, 0) is 9.47 Å². The number of benzene rings is 2. The fourth-order valence-electron chi connectivity index (χ4n) is 3.87. The first-order valence-corrected chi connectivity index (χ1v) is 11.4.